The van der Waals surface area contributed by atoms with Gasteiger partial charge in [0.25, 0.3) is 0 Å². The summed E-state index contributed by atoms with van der Waals surface area (Å²) in [6.07, 6.45) is 15.7. The molecular formula is C18H26N6. The number of nitrogens with one attached hydrogen (secondary N) is 1. The third-order valence-corrected chi connectivity index (χ3v) is 5.37. The second-order valence-electron chi connectivity index (χ2n) is 6.92. The zero-order valence-electron chi connectivity index (χ0n) is 14.4. The van der Waals surface area contributed by atoms with E-state index in [2.05, 4.69) is 50.6 Å². The molecule has 2 aromatic heterocycles. The van der Waals surface area contributed by atoms with Gasteiger partial charge in [0.15, 0.2) is 5.82 Å². The highest BCUT2D eigenvalue weighted by Gasteiger charge is 2.21. The maximum atomic E-state index is 4.57. The topological polar surface area (TPSA) is 60.6 Å². The molecule has 6 heteroatoms. The van der Waals surface area contributed by atoms with E-state index in [1.54, 1.807) is 0 Å². The van der Waals surface area contributed by atoms with Gasteiger partial charge in [-0.2, -0.15) is 0 Å². The Hall–Kier alpha value is -1.95. The van der Waals surface area contributed by atoms with Crippen LogP contribution in [0, 0.1) is 0 Å². The van der Waals surface area contributed by atoms with Gasteiger partial charge >= 0.3 is 0 Å². The highest BCUT2D eigenvalue weighted by atomic mass is 15.4. The molecule has 1 fully saturated rings. The molecular weight excluding hydrogens is 300 g/mol. The Kier molecular flexibility index (Phi) is 4.47. The number of piperidine rings is 1. The second-order valence-corrected chi connectivity index (χ2v) is 6.92. The van der Waals surface area contributed by atoms with E-state index in [0.29, 0.717) is 12.1 Å². The molecule has 1 atom stereocenters. The first-order chi connectivity index (χ1) is 11.8. The largest absolute Gasteiger partial charge is 0.323 e. The Morgan fingerprint density at radius 3 is 2.92 bits per heavy atom. The van der Waals surface area contributed by atoms with Crippen molar-refractivity contribution in [2.45, 2.75) is 57.5 Å². The molecule has 0 spiro atoms. The van der Waals surface area contributed by atoms with Gasteiger partial charge in [-0.1, -0.05) is 16.9 Å². The zero-order valence-corrected chi connectivity index (χ0v) is 14.4. The molecule has 1 aliphatic heterocycles. The number of allylic oxidation sites excluding steroid dienone is 2. The predicted octanol–water partition coefficient (Wildman–Crippen LogP) is 3.13. The van der Waals surface area contributed by atoms with Crippen LogP contribution in [0.15, 0.2) is 30.2 Å². The number of aromatic nitrogens is 5. The Morgan fingerprint density at radius 2 is 2.12 bits per heavy atom. The average molecular weight is 326 g/mol. The minimum atomic E-state index is 0.340. The van der Waals surface area contributed by atoms with Crippen molar-refractivity contribution in [2.75, 3.05) is 13.1 Å². The van der Waals surface area contributed by atoms with Crippen molar-refractivity contribution in [3.8, 4) is 11.5 Å². The number of hydrogen-bond acceptors (Lipinski definition) is 4. The van der Waals surface area contributed by atoms with E-state index in [9.17, 15) is 0 Å². The van der Waals surface area contributed by atoms with Crippen molar-refractivity contribution < 1.29 is 0 Å². The van der Waals surface area contributed by atoms with Crippen LogP contribution in [0.3, 0.4) is 0 Å². The predicted molar refractivity (Wildman–Crippen MR) is 93.6 cm³/mol. The molecule has 0 saturated carbocycles. The summed E-state index contributed by atoms with van der Waals surface area (Å²) in [6, 6.07) is 0.793. The Balaban J connectivity index is 1.58. The summed E-state index contributed by atoms with van der Waals surface area (Å²) in [5.74, 6) is 0.925. The van der Waals surface area contributed by atoms with Gasteiger partial charge in [-0.15, -0.1) is 5.10 Å². The first-order valence-electron chi connectivity index (χ1n) is 9.17. The lowest BCUT2D eigenvalue weighted by Crippen LogP contribution is -2.29. The molecule has 4 rings (SSSR count). The molecule has 24 heavy (non-hydrogen) atoms. The molecule has 128 valence electrons. The maximum Gasteiger partial charge on any atom is 0.162 e. The molecule has 0 aromatic carbocycles. The number of nitrogens with zero attached hydrogens (tertiary/aromatic N) is 5. The Morgan fingerprint density at radius 1 is 1.25 bits per heavy atom. The fourth-order valence-electron chi connectivity index (χ4n) is 3.87. The first kappa shape index (κ1) is 15.6. The highest BCUT2D eigenvalue weighted by molar-refractivity contribution is 5.48. The van der Waals surface area contributed by atoms with Gasteiger partial charge in [-0.05, 0) is 58.5 Å². The second kappa shape index (κ2) is 6.89. The molecule has 2 aromatic rings. The molecule has 0 radical (unpaired) electrons. The monoisotopic (exact) mass is 326 g/mol. The van der Waals surface area contributed by atoms with Gasteiger partial charge in [0.1, 0.15) is 5.69 Å². The van der Waals surface area contributed by atoms with E-state index in [4.69, 9.17) is 0 Å². The smallest absolute Gasteiger partial charge is 0.162 e. The average Bonchev–Trinajstić information content (AvgIpc) is 3.32. The lowest BCUT2D eigenvalue weighted by Gasteiger charge is -2.22. The van der Waals surface area contributed by atoms with E-state index in [1.165, 1.54) is 31.3 Å². The lowest BCUT2D eigenvalue weighted by molar-refractivity contribution is 0.337. The van der Waals surface area contributed by atoms with Crippen LogP contribution >= 0.6 is 0 Å². The molecule has 1 saturated heterocycles. The number of rotatable bonds is 4. The Bertz CT molecular complexity index is 707. The van der Waals surface area contributed by atoms with Crippen molar-refractivity contribution in [3.63, 3.8) is 0 Å². The third-order valence-electron chi connectivity index (χ3n) is 5.37. The molecule has 3 heterocycles. The van der Waals surface area contributed by atoms with Gasteiger partial charge in [-0.3, -0.25) is 0 Å². The molecule has 0 amide bonds. The third kappa shape index (κ3) is 3.02. The molecule has 0 bridgehead atoms. The minimum Gasteiger partial charge on any atom is -0.323 e. The van der Waals surface area contributed by atoms with Gasteiger partial charge < -0.3 is 9.88 Å². The van der Waals surface area contributed by atoms with Crippen LogP contribution < -0.4 is 5.32 Å². The minimum absolute atomic E-state index is 0.340. The fraction of sp³-hybridized carbons (Fsp3) is 0.611. The maximum absolute atomic E-state index is 4.57. The summed E-state index contributed by atoms with van der Waals surface area (Å²) in [4.78, 5) is 4.57. The normalized spacial score (nSPS) is 20.8. The summed E-state index contributed by atoms with van der Waals surface area (Å²) >= 11 is 0. The van der Waals surface area contributed by atoms with Crippen LogP contribution in [0.25, 0.3) is 11.5 Å². The van der Waals surface area contributed by atoms with Gasteiger partial charge in [-0.25, -0.2) is 9.67 Å². The quantitative estimate of drug-likeness (QED) is 0.877. The van der Waals surface area contributed by atoms with Crippen molar-refractivity contribution in [1.29, 1.82) is 0 Å². The van der Waals surface area contributed by atoms with Crippen LogP contribution in [0.5, 0.6) is 0 Å². The van der Waals surface area contributed by atoms with E-state index in [1.807, 2.05) is 10.9 Å². The molecule has 1 aliphatic carbocycles. The standard InChI is InChI=1S/C18H26N6/c1-14(15-5-3-2-4-6-15)23-12-11-20-18(23)17-13-24(22-21-17)16-7-9-19-10-8-16/h5,11-14,16,19H,2-4,6-10H2,1H3. The van der Waals surface area contributed by atoms with Crippen molar-refractivity contribution >= 4 is 0 Å². The first-order valence-corrected chi connectivity index (χ1v) is 9.17. The van der Waals surface area contributed by atoms with Crippen molar-refractivity contribution in [1.82, 2.24) is 29.9 Å². The van der Waals surface area contributed by atoms with Crippen LogP contribution in [0.4, 0.5) is 0 Å². The van der Waals surface area contributed by atoms with Crippen LogP contribution in [0.2, 0.25) is 0 Å². The highest BCUT2D eigenvalue weighted by Crippen LogP contribution is 2.30. The van der Waals surface area contributed by atoms with E-state index in [-0.39, 0.29) is 0 Å². The summed E-state index contributed by atoms with van der Waals surface area (Å²) < 4.78 is 4.27. The molecule has 2 aliphatic rings. The summed E-state index contributed by atoms with van der Waals surface area (Å²) in [7, 11) is 0. The van der Waals surface area contributed by atoms with Crippen LogP contribution in [-0.2, 0) is 0 Å². The fourth-order valence-corrected chi connectivity index (χ4v) is 3.87. The van der Waals surface area contributed by atoms with Gasteiger partial charge in [0.2, 0.25) is 0 Å². The van der Waals surface area contributed by atoms with E-state index in [0.717, 1.165) is 37.4 Å². The van der Waals surface area contributed by atoms with E-state index >= 15 is 0 Å². The molecule has 6 nitrogen and oxygen atoms in total. The number of imidazole rings is 1. The SMILES string of the molecule is CC(C1=CCCCC1)n1ccnc1-c1cn(C2CCNCC2)nn1. The molecule has 1 N–H and O–H groups in total. The van der Waals surface area contributed by atoms with Crippen molar-refractivity contribution in [2.24, 2.45) is 0 Å². The summed E-state index contributed by atoms with van der Waals surface area (Å²) in [5, 5.41) is 12.2. The van der Waals surface area contributed by atoms with E-state index < -0.39 is 0 Å². The van der Waals surface area contributed by atoms with Crippen LogP contribution in [0.1, 0.15) is 57.5 Å². The summed E-state index contributed by atoms with van der Waals surface area (Å²) in [6.45, 7) is 4.37. The lowest BCUT2D eigenvalue weighted by atomic mass is 9.94. The van der Waals surface area contributed by atoms with Gasteiger partial charge in [0, 0.05) is 12.4 Å². The zero-order chi connectivity index (χ0) is 16.4. The van der Waals surface area contributed by atoms with Gasteiger partial charge in [0.05, 0.1) is 18.3 Å². The Labute approximate surface area is 143 Å². The summed E-state index contributed by atoms with van der Waals surface area (Å²) in [5.41, 5.74) is 2.40. The molecule has 1 unspecified atom stereocenters. The number of hydrogen-bond donors (Lipinski definition) is 1. The van der Waals surface area contributed by atoms with Crippen molar-refractivity contribution in [3.05, 3.63) is 30.2 Å². The van der Waals surface area contributed by atoms with Crippen LogP contribution in [-0.4, -0.2) is 37.6 Å².